The summed E-state index contributed by atoms with van der Waals surface area (Å²) in [5.41, 5.74) is 0.917. The second-order valence-corrected chi connectivity index (χ2v) is 6.42. The maximum absolute atomic E-state index is 12.9. The minimum atomic E-state index is -0.455. The molecule has 0 fully saturated rings. The number of hydrogen-bond acceptors (Lipinski definition) is 6. The number of ether oxygens (including phenoxy) is 2. The maximum atomic E-state index is 12.9. The minimum Gasteiger partial charge on any atom is -0.454 e. The van der Waals surface area contributed by atoms with Gasteiger partial charge in [-0.25, -0.2) is 14.8 Å². The third kappa shape index (κ3) is 2.26. The lowest BCUT2D eigenvalue weighted by molar-refractivity contribution is 0.174. The van der Waals surface area contributed by atoms with E-state index in [-0.39, 0.29) is 17.8 Å². The smallest absolute Gasteiger partial charge is 0.332 e. The monoisotopic (exact) mass is 377 g/mol. The van der Waals surface area contributed by atoms with Crippen LogP contribution in [-0.4, -0.2) is 25.3 Å². The number of aryl methyl sites for hydroxylation is 1. The molecule has 4 heterocycles. The van der Waals surface area contributed by atoms with E-state index >= 15 is 0 Å². The van der Waals surface area contributed by atoms with E-state index in [1.807, 2.05) is 12.1 Å². The lowest BCUT2D eigenvalue weighted by atomic mass is 10.3. The molecular weight excluding hydrogens is 362 g/mol. The maximum Gasteiger partial charge on any atom is 0.332 e. The predicted molar refractivity (Wildman–Crippen MR) is 101 cm³/mol. The van der Waals surface area contributed by atoms with Gasteiger partial charge in [-0.15, -0.1) is 0 Å². The first-order valence-corrected chi connectivity index (χ1v) is 8.56. The first-order chi connectivity index (χ1) is 13.5. The van der Waals surface area contributed by atoms with Crippen molar-refractivity contribution < 1.29 is 9.47 Å². The van der Waals surface area contributed by atoms with E-state index in [4.69, 9.17) is 14.5 Å². The zero-order valence-corrected chi connectivity index (χ0v) is 15.1. The van der Waals surface area contributed by atoms with Crippen molar-refractivity contribution in [2.75, 3.05) is 6.79 Å². The van der Waals surface area contributed by atoms with Gasteiger partial charge in [0, 0.05) is 26.4 Å². The van der Waals surface area contributed by atoms with Gasteiger partial charge in [0.25, 0.3) is 5.56 Å². The van der Waals surface area contributed by atoms with E-state index < -0.39 is 11.2 Å². The summed E-state index contributed by atoms with van der Waals surface area (Å²) in [6.45, 7) is 0.164. The highest BCUT2D eigenvalue weighted by molar-refractivity contribution is 5.75. The Morgan fingerprint density at radius 2 is 1.86 bits per heavy atom. The summed E-state index contributed by atoms with van der Waals surface area (Å²) in [6, 6.07) is 10.7. The van der Waals surface area contributed by atoms with Crippen LogP contribution in [0.2, 0.25) is 0 Å². The van der Waals surface area contributed by atoms with Crippen molar-refractivity contribution in [3.63, 3.8) is 0 Å². The lowest BCUT2D eigenvalue weighted by Crippen LogP contribution is -2.40. The number of pyridine rings is 1. The second kappa shape index (κ2) is 5.81. The molecule has 9 nitrogen and oxygen atoms in total. The van der Waals surface area contributed by atoms with Crippen molar-refractivity contribution in [2.45, 2.75) is 0 Å². The Morgan fingerprint density at radius 1 is 1.04 bits per heavy atom. The summed E-state index contributed by atoms with van der Waals surface area (Å²) >= 11 is 0. The molecule has 1 aliphatic rings. The van der Waals surface area contributed by atoms with Gasteiger partial charge in [-0.3, -0.25) is 18.3 Å². The Labute approximate surface area is 157 Å². The molecule has 0 N–H and O–H groups in total. The van der Waals surface area contributed by atoms with Gasteiger partial charge < -0.3 is 9.47 Å². The number of benzene rings is 1. The van der Waals surface area contributed by atoms with E-state index in [1.54, 1.807) is 41.9 Å². The summed E-state index contributed by atoms with van der Waals surface area (Å²) in [5, 5.41) is 0.256. The molecule has 28 heavy (non-hydrogen) atoms. The van der Waals surface area contributed by atoms with Crippen molar-refractivity contribution in [1.82, 2.24) is 18.5 Å². The highest BCUT2D eigenvalue weighted by atomic mass is 16.7. The molecule has 4 aromatic rings. The van der Waals surface area contributed by atoms with Crippen molar-refractivity contribution in [1.29, 1.82) is 0 Å². The SMILES string of the molecule is Cn1c(=O)c2c(=Nc3ccc4c(c3)OCO4)n3ccccc3nc2n(C)c1=O. The molecule has 0 spiro atoms. The third-order valence-corrected chi connectivity index (χ3v) is 4.74. The molecule has 0 amide bonds. The summed E-state index contributed by atoms with van der Waals surface area (Å²) in [6.07, 6.45) is 1.78. The Hall–Kier alpha value is -3.88. The van der Waals surface area contributed by atoms with Gasteiger partial charge in [-0.2, -0.15) is 0 Å². The van der Waals surface area contributed by atoms with Crippen LogP contribution in [0.25, 0.3) is 16.7 Å². The average molecular weight is 377 g/mol. The summed E-state index contributed by atoms with van der Waals surface area (Å²) < 4.78 is 14.9. The first kappa shape index (κ1) is 16.3. The Bertz CT molecular complexity index is 1460. The molecule has 3 aromatic heterocycles. The fourth-order valence-corrected chi connectivity index (χ4v) is 3.28. The molecule has 0 atom stereocenters. The zero-order chi connectivity index (χ0) is 19.4. The first-order valence-electron chi connectivity index (χ1n) is 8.56. The highest BCUT2D eigenvalue weighted by Gasteiger charge is 2.16. The van der Waals surface area contributed by atoms with Crippen molar-refractivity contribution in [2.24, 2.45) is 19.1 Å². The molecule has 9 heteroatoms. The number of fused-ring (bicyclic) bond motifs is 3. The molecule has 0 saturated heterocycles. The van der Waals surface area contributed by atoms with Gasteiger partial charge in [0.2, 0.25) is 6.79 Å². The number of aromatic nitrogens is 4. The third-order valence-electron chi connectivity index (χ3n) is 4.74. The fourth-order valence-electron chi connectivity index (χ4n) is 3.28. The van der Waals surface area contributed by atoms with E-state index in [9.17, 15) is 9.59 Å². The fraction of sp³-hybridized carbons (Fsp3) is 0.158. The van der Waals surface area contributed by atoms with Crippen LogP contribution < -0.4 is 26.2 Å². The van der Waals surface area contributed by atoms with Crippen molar-refractivity contribution in [3.05, 3.63) is 68.9 Å². The largest absolute Gasteiger partial charge is 0.454 e. The summed E-state index contributed by atoms with van der Waals surface area (Å²) in [5.74, 6) is 1.24. The van der Waals surface area contributed by atoms with Gasteiger partial charge in [0.15, 0.2) is 22.6 Å². The van der Waals surface area contributed by atoms with Gasteiger partial charge in [0.1, 0.15) is 11.0 Å². The molecule has 0 radical (unpaired) electrons. The number of nitrogens with zero attached hydrogens (tertiary/aromatic N) is 5. The summed E-state index contributed by atoms with van der Waals surface area (Å²) in [4.78, 5) is 34.5. The molecule has 5 rings (SSSR count). The van der Waals surface area contributed by atoms with Gasteiger partial charge in [-0.05, 0) is 24.3 Å². The molecule has 0 saturated carbocycles. The number of rotatable bonds is 1. The van der Waals surface area contributed by atoms with E-state index in [1.165, 1.54) is 11.6 Å². The normalized spacial score (nSPS) is 13.6. The van der Waals surface area contributed by atoms with Crippen LogP contribution in [0.5, 0.6) is 11.5 Å². The topological polar surface area (TPSA) is 92.1 Å². The van der Waals surface area contributed by atoms with Crippen LogP contribution in [-0.2, 0) is 14.1 Å². The average Bonchev–Trinajstić information content (AvgIpc) is 3.18. The van der Waals surface area contributed by atoms with Crippen LogP contribution in [0.15, 0.2) is 57.2 Å². The van der Waals surface area contributed by atoms with Crippen LogP contribution in [0.3, 0.4) is 0 Å². The number of hydrogen-bond donors (Lipinski definition) is 0. The van der Waals surface area contributed by atoms with E-state index in [0.717, 1.165) is 4.57 Å². The lowest BCUT2D eigenvalue weighted by Gasteiger charge is -2.10. The van der Waals surface area contributed by atoms with Gasteiger partial charge in [0.05, 0.1) is 5.69 Å². The van der Waals surface area contributed by atoms with Gasteiger partial charge in [-0.1, -0.05) is 6.07 Å². The standard InChI is InChI=1S/C19H15N5O4/c1-22-16-15(18(25)23(2)19(22)26)17(24-8-4-3-5-14(24)21-16)20-11-6-7-12-13(9-11)28-10-27-12/h3-9H,10H2,1-2H3. The molecular formula is C19H15N5O4. The molecule has 1 aliphatic heterocycles. The Balaban J connectivity index is 1.98. The molecule has 0 aliphatic carbocycles. The van der Waals surface area contributed by atoms with Gasteiger partial charge >= 0.3 is 5.69 Å². The Morgan fingerprint density at radius 3 is 2.71 bits per heavy atom. The highest BCUT2D eigenvalue weighted by Crippen LogP contribution is 2.35. The van der Waals surface area contributed by atoms with Crippen LogP contribution in [0.1, 0.15) is 0 Å². The molecule has 0 bridgehead atoms. The van der Waals surface area contributed by atoms with Crippen LogP contribution >= 0.6 is 0 Å². The Kier molecular flexibility index (Phi) is 3.38. The molecule has 140 valence electrons. The minimum absolute atomic E-state index is 0.164. The van der Waals surface area contributed by atoms with Crippen LogP contribution in [0, 0.1) is 0 Å². The predicted octanol–water partition coefficient (Wildman–Crippen LogP) is 0.846. The van der Waals surface area contributed by atoms with Crippen LogP contribution in [0.4, 0.5) is 5.69 Å². The van der Waals surface area contributed by atoms with E-state index in [2.05, 4.69) is 4.98 Å². The zero-order valence-electron chi connectivity index (χ0n) is 15.1. The molecule has 1 aromatic carbocycles. The van der Waals surface area contributed by atoms with Crippen molar-refractivity contribution >= 4 is 22.4 Å². The second-order valence-electron chi connectivity index (χ2n) is 6.42. The molecule has 0 unspecified atom stereocenters. The summed E-state index contributed by atoms with van der Waals surface area (Å²) in [7, 11) is 3.02. The quantitative estimate of drug-likeness (QED) is 0.459. The van der Waals surface area contributed by atoms with Crippen molar-refractivity contribution in [3.8, 4) is 11.5 Å². The van der Waals surface area contributed by atoms with E-state index in [0.29, 0.717) is 28.3 Å².